The summed E-state index contributed by atoms with van der Waals surface area (Å²) in [5.74, 6) is -0.216. The molecule has 0 bridgehead atoms. The fourth-order valence-corrected chi connectivity index (χ4v) is 4.20. The first-order valence-corrected chi connectivity index (χ1v) is 10.5. The zero-order valence-electron chi connectivity index (χ0n) is 16.0. The molecule has 1 amide bonds. The summed E-state index contributed by atoms with van der Waals surface area (Å²) in [5.41, 5.74) is -1.05. The highest BCUT2D eigenvalue weighted by Crippen LogP contribution is 2.25. The molecule has 0 unspecified atom stereocenters. The third kappa shape index (κ3) is 4.60. The van der Waals surface area contributed by atoms with Crippen LogP contribution in [0.25, 0.3) is 10.2 Å². The van der Waals surface area contributed by atoms with Crippen LogP contribution in [0.3, 0.4) is 0 Å². The van der Waals surface area contributed by atoms with Crippen molar-refractivity contribution in [3.05, 3.63) is 34.0 Å². The van der Waals surface area contributed by atoms with Crippen LogP contribution in [0, 0.1) is 17.2 Å². The Hall–Kier alpha value is -2.11. The van der Waals surface area contributed by atoms with E-state index in [0.29, 0.717) is 21.9 Å². The van der Waals surface area contributed by atoms with Gasteiger partial charge in [-0.1, -0.05) is 38.6 Å². The van der Waals surface area contributed by atoms with Gasteiger partial charge >= 0.3 is 0 Å². The zero-order valence-corrected chi connectivity index (χ0v) is 17.7. The topological polar surface area (TPSA) is 87.8 Å². The molecule has 0 spiro atoms. The van der Waals surface area contributed by atoms with Crippen molar-refractivity contribution in [2.45, 2.75) is 51.4 Å². The van der Waals surface area contributed by atoms with Crippen LogP contribution >= 0.6 is 23.1 Å². The minimum atomic E-state index is -0.931. The van der Waals surface area contributed by atoms with E-state index in [2.05, 4.69) is 22.9 Å². The number of carbonyl (C=O) groups is 1. The quantitative estimate of drug-likeness (QED) is 0.414. The molecule has 0 aliphatic heterocycles. The second-order valence-corrected chi connectivity index (χ2v) is 8.75. The Morgan fingerprint density at radius 2 is 2.30 bits per heavy atom. The third-order valence-corrected chi connectivity index (χ3v) is 6.60. The lowest BCUT2D eigenvalue weighted by Gasteiger charge is -2.27. The first kappa shape index (κ1) is 21.2. The van der Waals surface area contributed by atoms with Crippen molar-refractivity contribution >= 4 is 39.2 Å². The number of carbonyl (C=O) groups excluding carboxylic acids is 1. The Morgan fingerprint density at radius 1 is 1.59 bits per heavy atom. The van der Waals surface area contributed by atoms with Crippen molar-refractivity contribution in [1.82, 2.24) is 14.9 Å². The van der Waals surface area contributed by atoms with E-state index in [4.69, 9.17) is 0 Å². The molecular formula is C19H24N4O2S2. The highest BCUT2D eigenvalue weighted by atomic mass is 32.2. The van der Waals surface area contributed by atoms with E-state index in [-0.39, 0.29) is 23.1 Å². The lowest BCUT2D eigenvalue weighted by atomic mass is 9.90. The molecule has 1 atom stereocenters. The van der Waals surface area contributed by atoms with Crippen LogP contribution in [-0.2, 0) is 17.8 Å². The summed E-state index contributed by atoms with van der Waals surface area (Å²) < 4.78 is 1.53. The summed E-state index contributed by atoms with van der Waals surface area (Å²) >= 11 is 2.69. The maximum absolute atomic E-state index is 12.8. The van der Waals surface area contributed by atoms with E-state index < -0.39 is 5.54 Å². The SMILES string of the molecule is C=CCn1c(SCC(=O)N[C@@](C)(C#N)C(C)C)nc2sc(CC)cc2c1=O. The molecule has 1 N–H and O–H groups in total. The molecule has 144 valence electrons. The van der Waals surface area contributed by atoms with Crippen molar-refractivity contribution in [2.75, 3.05) is 5.75 Å². The van der Waals surface area contributed by atoms with Gasteiger partial charge in [-0.15, -0.1) is 17.9 Å². The van der Waals surface area contributed by atoms with Crippen LogP contribution < -0.4 is 10.9 Å². The summed E-state index contributed by atoms with van der Waals surface area (Å²) in [5, 5.41) is 13.2. The average Bonchev–Trinajstić information content (AvgIpc) is 3.06. The van der Waals surface area contributed by atoms with E-state index in [9.17, 15) is 14.9 Å². The lowest BCUT2D eigenvalue weighted by molar-refractivity contribution is -0.120. The highest BCUT2D eigenvalue weighted by Gasteiger charge is 2.30. The van der Waals surface area contributed by atoms with Gasteiger partial charge in [0, 0.05) is 11.4 Å². The Balaban J connectivity index is 2.28. The number of allylic oxidation sites excluding steroid dienone is 1. The number of amides is 1. The average molecular weight is 405 g/mol. The molecule has 0 aliphatic rings. The normalized spacial score (nSPS) is 13.3. The Bertz CT molecular complexity index is 955. The number of nitrogens with zero attached hydrogens (tertiary/aromatic N) is 3. The molecule has 6 nitrogen and oxygen atoms in total. The summed E-state index contributed by atoms with van der Waals surface area (Å²) in [6.45, 7) is 11.5. The molecule has 2 rings (SSSR count). The molecule has 0 aromatic carbocycles. The zero-order chi connectivity index (χ0) is 20.2. The molecule has 8 heteroatoms. The predicted octanol–water partition coefficient (Wildman–Crippen LogP) is 3.35. The van der Waals surface area contributed by atoms with Gasteiger partial charge in [0.1, 0.15) is 10.4 Å². The van der Waals surface area contributed by atoms with Gasteiger partial charge in [-0.3, -0.25) is 14.2 Å². The smallest absolute Gasteiger partial charge is 0.263 e. The Labute approximate surface area is 167 Å². The monoisotopic (exact) mass is 404 g/mol. The number of nitrogens with one attached hydrogen (secondary N) is 1. The number of thiophene rings is 1. The molecule has 27 heavy (non-hydrogen) atoms. The second kappa shape index (κ2) is 8.72. The number of nitriles is 1. The van der Waals surface area contributed by atoms with E-state index in [0.717, 1.165) is 11.3 Å². The number of fused-ring (bicyclic) bond motifs is 1. The van der Waals surface area contributed by atoms with Crippen molar-refractivity contribution in [3.63, 3.8) is 0 Å². The standard InChI is InChI=1S/C19H24N4O2S2/c1-6-8-23-17(25)14-9-13(7-2)27-16(14)21-18(23)26-10-15(24)22-19(5,11-20)12(3)4/h6,9,12H,1,7-8,10H2,2-5H3,(H,22,24)/t19-/m0/s1. The van der Waals surface area contributed by atoms with Crippen LogP contribution in [0.5, 0.6) is 0 Å². The van der Waals surface area contributed by atoms with Crippen molar-refractivity contribution in [2.24, 2.45) is 5.92 Å². The minimum Gasteiger partial charge on any atom is -0.337 e. The molecule has 2 aromatic heterocycles. The second-order valence-electron chi connectivity index (χ2n) is 6.69. The lowest BCUT2D eigenvalue weighted by Crippen LogP contribution is -2.49. The first-order chi connectivity index (χ1) is 12.8. The van der Waals surface area contributed by atoms with Crippen molar-refractivity contribution in [3.8, 4) is 6.07 Å². The number of rotatable bonds is 8. The Kier molecular flexibility index (Phi) is 6.84. The number of aryl methyl sites for hydroxylation is 1. The minimum absolute atomic E-state index is 0.0246. The summed E-state index contributed by atoms with van der Waals surface area (Å²) in [4.78, 5) is 31.5. The predicted molar refractivity (Wildman–Crippen MR) is 111 cm³/mol. The number of hydrogen-bond acceptors (Lipinski definition) is 6. The maximum Gasteiger partial charge on any atom is 0.263 e. The van der Waals surface area contributed by atoms with E-state index in [1.165, 1.54) is 27.7 Å². The van der Waals surface area contributed by atoms with Crippen molar-refractivity contribution in [1.29, 1.82) is 5.26 Å². The van der Waals surface area contributed by atoms with E-state index in [1.54, 1.807) is 13.0 Å². The largest absolute Gasteiger partial charge is 0.337 e. The molecule has 2 heterocycles. The summed E-state index contributed by atoms with van der Waals surface area (Å²) in [7, 11) is 0. The van der Waals surface area contributed by atoms with E-state index >= 15 is 0 Å². The van der Waals surface area contributed by atoms with Gasteiger partial charge in [-0.2, -0.15) is 5.26 Å². The van der Waals surface area contributed by atoms with Crippen LogP contribution in [0.15, 0.2) is 28.7 Å². The fraction of sp³-hybridized carbons (Fsp3) is 0.474. The number of aromatic nitrogens is 2. The molecule has 0 fully saturated rings. The maximum atomic E-state index is 12.8. The van der Waals surface area contributed by atoms with E-state index in [1.807, 2.05) is 26.8 Å². The fourth-order valence-electron chi connectivity index (χ4n) is 2.38. The van der Waals surface area contributed by atoms with Crippen LogP contribution in [0.4, 0.5) is 0 Å². The molecule has 0 radical (unpaired) electrons. The molecule has 0 saturated carbocycles. The van der Waals surface area contributed by atoms with Gasteiger partial charge in [-0.05, 0) is 25.3 Å². The van der Waals surface area contributed by atoms with Gasteiger partial charge in [0.15, 0.2) is 5.16 Å². The highest BCUT2D eigenvalue weighted by molar-refractivity contribution is 7.99. The molecule has 0 saturated heterocycles. The third-order valence-electron chi connectivity index (χ3n) is 4.45. The van der Waals surface area contributed by atoms with Gasteiger partial charge in [-0.25, -0.2) is 4.98 Å². The Morgan fingerprint density at radius 3 is 2.85 bits per heavy atom. The van der Waals surface area contributed by atoms with Crippen molar-refractivity contribution < 1.29 is 4.79 Å². The van der Waals surface area contributed by atoms with Gasteiger partial charge < -0.3 is 5.32 Å². The van der Waals surface area contributed by atoms with Crippen LogP contribution in [-0.4, -0.2) is 26.8 Å². The summed E-state index contributed by atoms with van der Waals surface area (Å²) in [6.07, 6.45) is 2.48. The van der Waals surface area contributed by atoms with Gasteiger partial charge in [0.25, 0.3) is 5.56 Å². The summed E-state index contributed by atoms with van der Waals surface area (Å²) in [6, 6.07) is 4.04. The van der Waals surface area contributed by atoms with Gasteiger partial charge in [0.05, 0.1) is 17.2 Å². The first-order valence-electron chi connectivity index (χ1n) is 8.74. The van der Waals surface area contributed by atoms with Crippen LogP contribution in [0.2, 0.25) is 0 Å². The molecular weight excluding hydrogens is 380 g/mol. The number of thioether (sulfide) groups is 1. The van der Waals surface area contributed by atoms with Crippen LogP contribution in [0.1, 0.15) is 32.6 Å². The number of hydrogen-bond donors (Lipinski definition) is 1. The van der Waals surface area contributed by atoms with Gasteiger partial charge in [0.2, 0.25) is 5.91 Å². The molecule has 0 aliphatic carbocycles. The molecule has 2 aromatic rings.